The van der Waals surface area contributed by atoms with Gasteiger partial charge < -0.3 is 9.47 Å². The van der Waals surface area contributed by atoms with E-state index in [1.807, 2.05) is 0 Å². The standard InChI is InChI=1S/C53H38N2/c1-37-16-14-22-42(36-37)46-35-32-41-21-8-9-24-45(41)53(46)55-49-27-13-11-25-47(49)52-50(28-15-29-51(52)55)54(43-33-30-39(31-34-43)38-17-4-2-5-18-38)48-26-12-10-23-44(48)40-19-6-3-7-20-40/h2-36H,1H3. The number of fused-ring (bicyclic) bond motifs is 4. The molecular formula is C53H38N2. The molecule has 0 saturated carbocycles. The van der Waals surface area contributed by atoms with Gasteiger partial charge >= 0.3 is 0 Å². The second kappa shape index (κ2) is 13.7. The minimum Gasteiger partial charge on any atom is -0.309 e. The Hall–Kier alpha value is -7.16. The smallest absolute Gasteiger partial charge is 0.0618 e. The first-order valence-electron chi connectivity index (χ1n) is 18.9. The Morgan fingerprint density at radius 3 is 1.78 bits per heavy atom. The van der Waals surface area contributed by atoms with Gasteiger partial charge in [0.2, 0.25) is 0 Å². The largest absolute Gasteiger partial charge is 0.309 e. The van der Waals surface area contributed by atoms with Crippen molar-refractivity contribution in [3.63, 3.8) is 0 Å². The summed E-state index contributed by atoms with van der Waals surface area (Å²) in [6, 6.07) is 77.1. The molecule has 0 fully saturated rings. The fourth-order valence-corrected chi connectivity index (χ4v) is 8.34. The molecule has 2 heteroatoms. The van der Waals surface area contributed by atoms with Gasteiger partial charge in [0, 0.05) is 33.0 Å². The molecule has 0 bridgehead atoms. The average molecular weight is 703 g/mol. The van der Waals surface area contributed by atoms with Crippen LogP contribution in [-0.4, -0.2) is 4.57 Å². The molecule has 0 N–H and O–H groups in total. The first kappa shape index (κ1) is 32.5. The molecule has 0 atom stereocenters. The van der Waals surface area contributed by atoms with E-state index in [0.29, 0.717) is 0 Å². The van der Waals surface area contributed by atoms with E-state index in [2.05, 4.69) is 229 Å². The van der Waals surface area contributed by atoms with Crippen molar-refractivity contribution in [1.82, 2.24) is 4.57 Å². The van der Waals surface area contributed by atoms with Gasteiger partial charge in [-0.15, -0.1) is 0 Å². The Morgan fingerprint density at radius 2 is 0.982 bits per heavy atom. The van der Waals surface area contributed by atoms with Gasteiger partial charge in [-0.2, -0.15) is 0 Å². The molecule has 1 heterocycles. The summed E-state index contributed by atoms with van der Waals surface area (Å²) < 4.78 is 2.51. The average Bonchev–Trinajstić information content (AvgIpc) is 3.59. The van der Waals surface area contributed by atoms with Crippen LogP contribution in [0.15, 0.2) is 212 Å². The minimum atomic E-state index is 1.10. The quantitative estimate of drug-likeness (QED) is 0.160. The fourth-order valence-electron chi connectivity index (χ4n) is 8.34. The molecule has 9 aromatic carbocycles. The molecule has 0 spiro atoms. The second-order valence-electron chi connectivity index (χ2n) is 14.2. The van der Waals surface area contributed by atoms with Crippen LogP contribution in [0, 0.1) is 6.92 Å². The maximum atomic E-state index is 2.51. The van der Waals surface area contributed by atoms with Gasteiger partial charge in [-0.25, -0.2) is 0 Å². The third-order valence-corrected chi connectivity index (χ3v) is 10.8. The van der Waals surface area contributed by atoms with Gasteiger partial charge in [-0.05, 0) is 71.0 Å². The summed E-state index contributed by atoms with van der Waals surface area (Å²) in [4.78, 5) is 2.46. The number of rotatable bonds is 7. The Labute approximate surface area is 321 Å². The van der Waals surface area contributed by atoms with Crippen LogP contribution in [-0.2, 0) is 0 Å². The fraction of sp³-hybridized carbons (Fsp3) is 0.0189. The highest BCUT2D eigenvalue weighted by atomic mass is 15.2. The first-order chi connectivity index (χ1) is 27.2. The molecule has 0 radical (unpaired) electrons. The molecule has 0 aliphatic rings. The third kappa shape index (κ3) is 5.67. The van der Waals surface area contributed by atoms with Gasteiger partial charge in [-0.1, -0.05) is 181 Å². The summed E-state index contributed by atoms with van der Waals surface area (Å²) >= 11 is 0. The van der Waals surface area contributed by atoms with Crippen LogP contribution in [0.4, 0.5) is 17.1 Å². The number of aromatic nitrogens is 1. The number of aryl methyl sites for hydroxylation is 1. The van der Waals surface area contributed by atoms with Gasteiger partial charge in [0.05, 0.1) is 28.1 Å². The summed E-state index contributed by atoms with van der Waals surface area (Å²) in [5.74, 6) is 0. The van der Waals surface area contributed by atoms with Crippen molar-refractivity contribution in [2.45, 2.75) is 6.92 Å². The van der Waals surface area contributed by atoms with Crippen molar-refractivity contribution >= 4 is 49.6 Å². The lowest BCUT2D eigenvalue weighted by Crippen LogP contribution is -2.11. The lowest BCUT2D eigenvalue weighted by atomic mass is 9.97. The Balaban J connectivity index is 1.29. The molecular weight excluding hydrogens is 665 g/mol. The monoisotopic (exact) mass is 702 g/mol. The van der Waals surface area contributed by atoms with Gasteiger partial charge in [0.15, 0.2) is 0 Å². The Kier molecular flexibility index (Phi) is 8.08. The van der Waals surface area contributed by atoms with Crippen molar-refractivity contribution < 1.29 is 0 Å². The lowest BCUT2D eigenvalue weighted by Gasteiger charge is -2.29. The topological polar surface area (TPSA) is 8.17 Å². The molecule has 0 unspecified atom stereocenters. The zero-order chi connectivity index (χ0) is 36.7. The van der Waals surface area contributed by atoms with Crippen molar-refractivity contribution in [3.05, 3.63) is 218 Å². The van der Waals surface area contributed by atoms with Crippen LogP contribution in [0.1, 0.15) is 5.56 Å². The molecule has 2 nitrogen and oxygen atoms in total. The van der Waals surface area contributed by atoms with E-state index in [-0.39, 0.29) is 0 Å². The Morgan fingerprint density at radius 1 is 0.382 bits per heavy atom. The zero-order valence-corrected chi connectivity index (χ0v) is 30.6. The van der Waals surface area contributed by atoms with Crippen molar-refractivity contribution in [2.75, 3.05) is 4.90 Å². The lowest BCUT2D eigenvalue weighted by molar-refractivity contribution is 1.20. The molecule has 1 aromatic heterocycles. The van der Waals surface area contributed by atoms with Gasteiger partial charge in [-0.3, -0.25) is 0 Å². The van der Waals surface area contributed by atoms with Crippen LogP contribution < -0.4 is 4.90 Å². The van der Waals surface area contributed by atoms with E-state index < -0.39 is 0 Å². The van der Waals surface area contributed by atoms with Crippen LogP contribution in [0.5, 0.6) is 0 Å². The normalized spacial score (nSPS) is 11.4. The number of hydrogen-bond acceptors (Lipinski definition) is 1. The molecule has 55 heavy (non-hydrogen) atoms. The molecule has 10 rings (SSSR count). The van der Waals surface area contributed by atoms with Crippen molar-refractivity contribution in [3.8, 4) is 39.1 Å². The molecule has 0 aliphatic heterocycles. The maximum Gasteiger partial charge on any atom is 0.0618 e. The summed E-state index contributed by atoms with van der Waals surface area (Å²) in [6.45, 7) is 2.17. The van der Waals surface area contributed by atoms with E-state index in [1.165, 1.54) is 71.7 Å². The van der Waals surface area contributed by atoms with Crippen LogP contribution in [0.2, 0.25) is 0 Å². The summed E-state index contributed by atoms with van der Waals surface area (Å²) in [5.41, 5.74) is 15.3. The predicted octanol–water partition coefficient (Wildman–Crippen LogP) is 14.7. The van der Waals surface area contributed by atoms with E-state index in [1.54, 1.807) is 0 Å². The van der Waals surface area contributed by atoms with Gasteiger partial charge in [0.25, 0.3) is 0 Å². The van der Waals surface area contributed by atoms with Crippen LogP contribution >= 0.6 is 0 Å². The summed E-state index contributed by atoms with van der Waals surface area (Å²) in [5, 5.41) is 4.85. The molecule has 0 aliphatic carbocycles. The highest BCUT2D eigenvalue weighted by Crippen LogP contribution is 2.48. The van der Waals surface area contributed by atoms with E-state index >= 15 is 0 Å². The van der Waals surface area contributed by atoms with Gasteiger partial charge in [0.1, 0.15) is 0 Å². The number of para-hydroxylation sites is 2. The molecule has 0 amide bonds. The molecule has 0 saturated heterocycles. The minimum absolute atomic E-state index is 1.10. The summed E-state index contributed by atoms with van der Waals surface area (Å²) in [7, 11) is 0. The third-order valence-electron chi connectivity index (χ3n) is 10.8. The van der Waals surface area contributed by atoms with Crippen LogP contribution in [0.3, 0.4) is 0 Å². The highest BCUT2D eigenvalue weighted by Gasteiger charge is 2.24. The SMILES string of the molecule is Cc1cccc(-c2ccc3ccccc3c2-n2c3ccccc3c3c(N(c4ccc(-c5ccccc5)cc4)c4ccccc4-c4ccccc4)cccc32)c1. The number of nitrogens with zero attached hydrogens (tertiary/aromatic N) is 2. The van der Waals surface area contributed by atoms with E-state index in [9.17, 15) is 0 Å². The van der Waals surface area contributed by atoms with Crippen LogP contribution in [0.25, 0.3) is 71.6 Å². The predicted molar refractivity (Wildman–Crippen MR) is 234 cm³/mol. The van der Waals surface area contributed by atoms with Crippen molar-refractivity contribution in [2.24, 2.45) is 0 Å². The van der Waals surface area contributed by atoms with E-state index in [0.717, 1.165) is 22.6 Å². The number of anilines is 3. The zero-order valence-electron chi connectivity index (χ0n) is 30.6. The Bertz CT molecular complexity index is 2980. The molecule has 260 valence electrons. The first-order valence-corrected chi connectivity index (χ1v) is 18.9. The number of benzene rings is 9. The summed E-state index contributed by atoms with van der Waals surface area (Å²) in [6.07, 6.45) is 0. The number of hydrogen-bond donors (Lipinski definition) is 0. The molecule has 10 aromatic rings. The van der Waals surface area contributed by atoms with Crippen molar-refractivity contribution in [1.29, 1.82) is 0 Å². The second-order valence-corrected chi connectivity index (χ2v) is 14.2. The van der Waals surface area contributed by atoms with E-state index in [4.69, 9.17) is 0 Å². The maximum absolute atomic E-state index is 2.51. The highest BCUT2D eigenvalue weighted by molar-refractivity contribution is 6.18.